The Labute approximate surface area is 145 Å². The summed E-state index contributed by atoms with van der Waals surface area (Å²) in [4.78, 5) is 38.5. The average Bonchev–Trinajstić information content (AvgIpc) is 2.87. The molecule has 25 heavy (non-hydrogen) atoms. The second kappa shape index (κ2) is 7.17. The molecular weight excluding hydrogens is 320 g/mol. The third-order valence-corrected chi connectivity index (χ3v) is 4.17. The van der Waals surface area contributed by atoms with Gasteiger partial charge >= 0.3 is 6.09 Å². The molecule has 128 valence electrons. The zero-order valence-electron chi connectivity index (χ0n) is 13.6. The second-order valence-corrected chi connectivity index (χ2v) is 5.85. The van der Waals surface area contributed by atoms with Gasteiger partial charge in [0, 0.05) is 19.6 Å². The largest absolute Gasteiger partial charge is 0.465 e. The van der Waals surface area contributed by atoms with E-state index in [0.29, 0.717) is 17.5 Å². The summed E-state index contributed by atoms with van der Waals surface area (Å²) in [5.74, 6) is -0.629. The van der Waals surface area contributed by atoms with E-state index in [9.17, 15) is 19.5 Å². The zero-order chi connectivity index (χ0) is 17.8. The Morgan fingerprint density at radius 3 is 2.04 bits per heavy atom. The topological polar surface area (TPSA) is 77.9 Å². The molecule has 0 saturated heterocycles. The number of carbonyl (C=O) groups excluding carboxylic acids is 2. The van der Waals surface area contributed by atoms with E-state index < -0.39 is 6.09 Å². The summed E-state index contributed by atoms with van der Waals surface area (Å²) in [6.07, 6.45) is -0.629. The lowest BCUT2D eigenvalue weighted by Gasteiger charge is -2.21. The Bertz CT molecular complexity index is 769. The van der Waals surface area contributed by atoms with Gasteiger partial charge in [0.05, 0.1) is 11.1 Å². The maximum atomic E-state index is 12.3. The van der Waals surface area contributed by atoms with Gasteiger partial charge in [-0.05, 0) is 24.1 Å². The maximum absolute atomic E-state index is 12.3. The number of fused-ring (bicyclic) bond motifs is 1. The standard InChI is InChI=1S/C19H18N2O4/c22-17-15-9-4-5-10-16(15)18(23)21(17)12-6-11-20(19(24)25)13-14-7-2-1-3-8-14/h1-5,7-10H,6,11-13H2,(H,24,25). The number of hydrogen-bond acceptors (Lipinski definition) is 3. The summed E-state index contributed by atoms with van der Waals surface area (Å²) < 4.78 is 0. The van der Waals surface area contributed by atoms with Gasteiger partial charge in [0.25, 0.3) is 11.8 Å². The van der Waals surface area contributed by atoms with Gasteiger partial charge < -0.3 is 10.0 Å². The Balaban J connectivity index is 1.59. The molecule has 1 N–H and O–H groups in total. The van der Waals surface area contributed by atoms with Crippen molar-refractivity contribution in [3.63, 3.8) is 0 Å². The lowest BCUT2D eigenvalue weighted by Crippen LogP contribution is -2.35. The predicted octanol–water partition coefficient (Wildman–Crippen LogP) is 2.85. The highest BCUT2D eigenvalue weighted by molar-refractivity contribution is 6.21. The minimum atomic E-state index is -1.02. The third-order valence-electron chi connectivity index (χ3n) is 4.17. The second-order valence-electron chi connectivity index (χ2n) is 5.85. The van der Waals surface area contributed by atoms with Crippen molar-refractivity contribution in [2.24, 2.45) is 0 Å². The van der Waals surface area contributed by atoms with Crippen LogP contribution in [-0.4, -0.2) is 45.9 Å². The van der Waals surface area contributed by atoms with E-state index in [1.165, 1.54) is 9.80 Å². The van der Waals surface area contributed by atoms with E-state index in [1.807, 2.05) is 30.3 Å². The van der Waals surface area contributed by atoms with E-state index in [1.54, 1.807) is 24.3 Å². The van der Waals surface area contributed by atoms with Crippen LogP contribution in [0, 0.1) is 0 Å². The first-order valence-corrected chi connectivity index (χ1v) is 8.05. The first kappa shape index (κ1) is 16.7. The Hall–Kier alpha value is -3.15. The molecule has 6 heteroatoms. The predicted molar refractivity (Wildman–Crippen MR) is 91.3 cm³/mol. The van der Waals surface area contributed by atoms with Crippen molar-refractivity contribution in [3.8, 4) is 0 Å². The quantitative estimate of drug-likeness (QED) is 0.822. The molecule has 2 aromatic rings. The van der Waals surface area contributed by atoms with Crippen LogP contribution in [0.25, 0.3) is 0 Å². The minimum absolute atomic E-state index is 0.199. The highest BCUT2D eigenvalue weighted by Gasteiger charge is 2.34. The van der Waals surface area contributed by atoms with E-state index in [-0.39, 0.29) is 31.4 Å². The molecule has 1 heterocycles. The van der Waals surface area contributed by atoms with Crippen LogP contribution in [0.3, 0.4) is 0 Å². The number of nitrogens with zero attached hydrogens (tertiary/aromatic N) is 2. The van der Waals surface area contributed by atoms with Gasteiger partial charge in [0.15, 0.2) is 0 Å². The van der Waals surface area contributed by atoms with Gasteiger partial charge in [-0.3, -0.25) is 14.5 Å². The molecular formula is C19H18N2O4. The summed E-state index contributed by atoms with van der Waals surface area (Å²) in [6.45, 7) is 0.723. The lowest BCUT2D eigenvalue weighted by atomic mass is 10.1. The number of rotatable bonds is 6. The van der Waals surface area contributed by atoms with Gasteiger partial charge in [0.1, 0.15) is 0 Å². The molecule has 0 aromatic heterocycles. The van der Waals surface area contributed by atoms with Crippen molar-refractivity contribution in [1.82, 2.24) is 9.80 Å². The molecule has 0 atom stereocenters. The minimum Gasteiger partial charge on any atom is -0.465 e. The van der Waals surface area contributed by atoms with Crippen molar-refractivity contribution >= 4 is 17.9 Å². The molecule has 0 bridgehead atoms. The van der Waals surface area contributed by atoms with Crippen molar-refractivity contribution in [2.75, 3.05) is 13.1 Å². The van der Waals surface area contributed by atoms with Crippen molar-refractivity contribution in [1.29, 1.82) is 0 Å². The number of hydrogen-bond donors (Lipinski definition) is 1. The summed E-state index contributed by atoms with van der Waals surface area (Å²) in [5.41, 5.74) is 1.71. The highest BCUT2D eigenvalue weighted by atomic mass is 16.4. The zero-order valence-corrected chi connectivity index (χ0v) is 13.6. The molecule has 0 unspecified atom stereocenters. The van der Waals surface area contributed by atoms with Crippen LogP contribution in [0.15, 0.2) is 54.6 Å². The molecule has 2 aromatic carbocycles. The lowest BCUT2D eigenvalue weighted by molar-refractivity contribution is 0.0648. The Morgan fingerprint density at radius 2 is 1.48 bits per heavy atom. The third kappa shape index (κ3) is 3.52. The Morgan fingerprint density at radius 1 is 0.920 bits per heavy atom. The number of benzene rings is 2. The fraction of sp³-hybridized carbons (Fsp3) is 0.211. The first-order valence-electron chi connectivity index (χ1n) is 8.05. The van der Waals surface area contributed by atoms with Crippen molar-refractivity contribution in [2.45, 2.75) is 13.0 Å². The fourth-order valence-electron chi connectivity index (χ4n) is 2.91. The van der Waals surface area contributed by atoms with Crippen LogP contribution in [-0.2, 0) is 6.54 Å². The van der Waals surface area contributed by atoms with Gasteiger partial charge in [0.2, 0.25) is 0 Å². The number of amides is 3. The summed E-state index contributed by atoms with van der Waals surface area (Å²) in [6, 6.07) is 16.0. The molecule has 3 rings (SSSR count). The molecule has 0 aliphatic carbocycles. The Kier molecular flexibility index (Phi) is 4.79. The molecule has 0 fully saturated rings. The molecule has 3 amide bonds. The first-order chi connectivity index (χ1) is 12.1. The van der Waals surface area contributed by atoms with E-state index >= 15 is 0 Å². The number of carboxylic acid groups (broad SMARTS) is 1. The number of carbonyl (C=O) groups is 3. The molecule has 0 saturated carbocycles. The van der Waals surface area contributed by atoms with Crippen LogP contribution in [0.1, 0.15) is 32.7 Å². The van der Waals surface area contributed by atoms with Crippen LogP contribution >= 0.6 is 0 Å². The van der Waals surface area contributed by atoms with Crippen LogP contribution in [0.4, 0.5) is 4.79 Å². The number of imide groups is 1. The van der Waals surface area contributed by atoms with E-state index in [4.69, 9.17) is 0 Å². The van der Waals surface area contributed by atoms with Crippen LogP contribution in [0.5, 0.6) is 0 Å². The van der Waals surface area contributed by atoms with Gasteiger partial charge in [-0.2, -0.15) is 0 Å². The monoisotopic (exact) mass is 338 g/mol. The SMILES string of the molecule is O=C(O)N(CCCN1C(=O)c2ccccc2C1=O)Cc1ccccc1. The smallest absolute Gasteiger partial charge is 0.407 e. The van der Waals surface area contributed by atoms with Gasteiger partial charge in [-0.1, -0.05) is 42.5 Å². The summed E-state index contributed by atoms with van der Waals surface area (Å²) in [7, 11) is 0. The normalized spacial score (nSPS) is 13.0. The average molecular weight is 338 g/mol. The van der Waals surface area contributed by atoms with Crippen LogP contribution in [0.2, 0.25) is 0 Å². The molecule has 1 aliphatic rings. The van der Waals surface area contributed by atoms with Crippen molar-refractivity contribution in [3.05, 3.63) is 71.3 Å². The van der Waals surface area contributed by atoms with E-state index in [2.05, 4.69) is 0 Å². The molecule has 6 nitrogen and oxygen atoms in total. The molecule has 0 spiro atoms. The van der Waals surface area contributed by atoms with Crippen molar-refractivity contribution < 1.29 is 19.5 Å². The maximum Gasteiger partial charge on any atom is 0.407 e. The summed E-state index contributed by atoms with van der Waals surface area (Å²) in [5, 5.41) is 9.35. The van der Waals surface area contributed by atoms with Gasteiger partial charge in [-0.15, -0.1) is 0 Å². The summed E-state index contributed by atoms with van der Waals surface area (Å²) >= 11 is 0. The van der Waals surface area contributed by atoms with E-state index in [0.717, 1.165) is 5.56 Å². The fourth-order valence-corrected chi connectivity index (χ4v) is 2.91. The van der Waals surface area contributed by atoms with Gasteiger partial charge in [-0.25, -0.2) is 4.79 Å². The molecule has 0 radical (unpaired) electrons. The highest BCUT2D eigenvalue weighted by Crippen LogP contribution is 2.22. The molecule has 1 aliphatic heterocycles. The van der Waals surface area contributed by atoms with Crippen LogP contribution < -0.4 is 0 Å².